The second kappa shape index (κ2) is 8.68. The molecule has 1 aliphatic carbocycles. The van der Waals surface area contributed by atoms with Gasteiger partial charge >= 0.3 is 0 Å². The fourth-order valence-corrected chi connectivity index (χ4v) is 3.99. The van der Waals surface area contributed by atoms with Crippen molar-refractivity contribution in [3.63, 3.8) is 0 Å². The Morgan fingerprint density at radius 3 is 2.34 bits per heavy atom. The van der Waals surface area contributed by atoms with E-state index in [2.05, 4.69) is 41.4 Å². The van der Waals surface area contributed by atoms with Crippen LogP contribution in [0.25, 0.3) is 0 Å². The summed E-state index contributed by atoms with van der Waals surface area (Å²) in [5.74, 6) is 0.536. The van der Waals surface area contributed by atoms with Crippen LogP contribution in [0.5, 0.6) is 0 Å². The molecule has 5 nitrogen and oxygen atoms in total. The van der Waals surface area contributed by atoms with Crippen LogP contribution in [0.1, 0.15) is 30.4 Å². The molecular formula is C24H29N3O2. The fourth-order valence-electron chi connectivity index (χ4n) is 3.99. The quantitative estimate of drug-likeness (QED) is 0.847. The van der Waals surface area contributed by atoms with E-state index in [4.69, 9.17) is 0 Å². The number of hydrogen-bond acceptors (Lipinski definition) is 3. The van der Waals surface area contributed by atoms with Gasteiger partial charge in [0.05, 0.1) is 6.42 Å². The Morgan fingerprint density at radius 1 is 1.00 bits per heavy atom. The first kappa shape index (κ1) is 19.5. The predicted octanol–water partition coefficient (Wildman–Crippen LogP) is 3.62. The molecule has 4 rings (SSSR count). The minimum atomic E-state index is 0.143. The summed E-state index contributed by atoms with van der Waals surface area (Å²) in [6.07, 6.45) is 3.65. The first-order valence-corrected chi connectivity index (χ1v) is 10.6. The van der Waals surface area contributed by atoms with Crippen LogP contribution in [0.2, 0.25) is 0 Å². The molecule has 1 aliphatic heterocycles. The number of nitrogens with zero attached hydrogens (tertiary/aromatic N) is 2. The fraction of sp³-hybridized carbons (Fsp3) is 0.417. The van der Waals surface area contributed by atoms with Crippen molar-refractivity contribution in [1.29, 1.82) is 0 Å². The largest absolute Gasteiger partial charge is 0.368 e. The van der Waals surface area contributed by atoms with Crippen LogP contribution < -0.4 is 10.2 Å². The molecular weight excluding hydrogens is 362 g/mol. The summed E-state index contributed by atoms with van der Waals surface area (Å²) in [6.45, 7) is 5.19. The zero-order chi connectivity index (χ0) is 20.2. The molecule has 1 N–H and O–H groups in total. The molecule has 0 radical (unpaired) electrons. The van der Waals surface area contributed by atoms with Crippen molar-refractivity contribution >= 4 is 23.2 Å². The van der Waals surface area contributed by atoms with E-state index >= 15 is 0 Å². The van der Waals surface area contributed by atoms with E-state index in [-0.39, 0.29) is 17.7 Å². The highest BCUT2D eigenvalue weighted by molar-refractivity contribution is 5.93. The molecule has 2 aromatic rings. The second-order valence-electron chi connectivity index (χ2n) is 8.20. The van der Waals surface area contributed by atoms with Gasteiger partial charge in [-0.25, -0.2) is 0 Å². The monoisotopic (exact) mass is 391 g/mol. The maximum Gasteiger partial charge on any atom is 0.227 e. The highest BCUT2D eigenvalue weighted by atomic mass is 16.2. The zero-order valence-corrected chi connectivity index (χ0v) is 17.1. The minimum absolute atomic E-state index is 0.143. The number of nitrogens with one attached hydrogen (secondary N) is 1. The highest BCUT2D eigenvalue weighted by Crippen LogP contribution is 2.28. The van der Waals surface area contributed by atoms with Gasteiger partial charge in [0.2, 0.25) is 11.8 Å². The normalized spacial score (nSPS) is 17.0. The lowest BCUT2D eigenvalue weighted by Gasteiger charge is -2.36. The molecule has 5 heteroatoms. The molecule has 0 atom stereocenters. The lowest BCUT2D eigenvalue weighted by molar-refractivity contribution is -0.130. The Kier molecular flexibility index (Phi) is 5.84. The van der Waals surface area contributed by atoms with E-state index < -0.39 is 0 Å². The first-order chi connectivity index (χ1) is 14.1. The highest BCUT2D eigenvalue weighted by Gasteiger charge is 2.25. The molecule has 2 aromatic carbocycles. The maximum absolute atomic E-state index is 12.6. The van der Waals surface area contributed by atoms with Crippen LogP contribution >= 0.6 is 0 Å². The van der Waals surface area contributed by atoms with E-state index in [1.165, 1.54) is 5.56 Å². The number of carbonyl (C=O) groups is 2. The first-order valence-electron chi connectivity index (χ1n) is 10.6. The molecule has 2 aliphatic rings. The van der Waals surface area contributed by atoms with Crippen molar-refractivity contribution in [2.24, 2.45) is 5.92 Å². The zero-order valence-electron chi connectivity index (χ0n) is 17.1. The van der Waals surface area contributed by atoms with E-state index in [1.807, 2.05) is 29.2 Å². The van der Waals surface area contributed by atoms with Gasteiger partial charge in [0.15, 0.2) is 0 Å². The Morgan fingerprint density at radius 2 is 1.72 bits per heavy atom. The van der Waals surface area contributed by atoms with Gasteiger partial charge < -0.3 is 15.1 Å². The van der Waals surface area contributed by atoms with Gasteiger partial charge in [0, 0.05) is 43.5 Å². The summed E-state index contributed by atoms with van der Waals surface area (Å²) < 4.78 is 0. The molecule has 0 aromatic heterocycles. The number of amides is 2. The third-order valence-electron chi connectivity index (χ3n) is 6.05. The van der Waals surface area contributed by atoms with Gasteiger partial charge in [-0.3, -0.25) is 9.59 Å². The van der Waals surface area contributed by atoms with Crippen LogP contribution in [0.3, 0.4) is 0 Å². The molecule has 0 spiro atoms. The third kappa shape index (κ3) is 4.78. The molecule has 29 heavy (non-hydrogen) atoms. The van der Waals surface area contributed by atoms with Crippen LogP contribution in [0.15, 0.2) is 48.5 Å². The van der Waals surface area contributed by atoms with E-state index in [0.717, 1.165) is 62.4 Å². The topological polar surface area (TPSA) is 52.7 Å². The van der Waals surface area contributed by atoms with Crippen molar-refractivity contribution in [3.8, 4) is 0 Å². The Hall–Kier alpha value is -2.82. The third-order valence-corrected chi connectivity index (χ3v) is 6.05. The van der Waals surface area contributed by atoms with Gasteiger partial charge in [0.25, 0.3) is 0 Å². The maximum atomic E-state index is 12.6. The van der Waals surface area contributed by atoms with Crippen molar-refractivity contribution in [1.82, 2.24) is 4.90 Å². The van der Waals surface area contributed by atoms with Gasteiger partial charge in [-0.2, -0.15) is 0 Å². The molecule has 1 heterocycles. The summed E-state index contributed by atoms with van der Waals surface area (Å²) in [4.78, 5) is 29.0. The van der Waals surface area contributed by atoms with Crippen molar-refractivity contribution in [3.05, 3.63) is 59.7 Å². The number of piperazine rings is 1. The SMILES string of the molecule is Cc1cccc(CC(=O)N2CCN(c3ccc(NC(=O)C4CCC4)cc3)CC2)c1. The van der Waals surface area contributed by atoms with Crippen molar-refractivity contribution in [2.45, 2.75) is 32.6 Å². The van der Waals surface area contributed by atoms with Crippen LogP contribution in [0.4, 0.5) is 11.4 Å². The molecule has 0 bridgehead atoms. The van der Waals surface area contributed by atoms with Gasteiger partial charge in [-0.15, -0.1) is 0 Å². The Balaban J connectivity index is 1.27. The lowest BCUT2D eigenvalue weighted by Crippen LogP contribution is -2.49. The summed E-state index contributed by atoms with van der Waals surface area (Å²) in [5.41, 5.74) is 4.26. The molecule has 152 valence electrons. The molecule has 2 fully saturated rings. The van der Waals surface area contributed by atoms with E-state index in [0.29, 0.717) is 6.42 Å². The summed E-state index contributed by atoms with van der Waals surface area (Å²) >= 11 is 0. The van der Waals surface area contributed by atoms with Gasteiger partial charge in [-0.05, 0) is 49.6 Å². The summed E-state index contributed by atoms with van der Waals surface area (Å²) in [6, 6.07) is 16.2. The smallest absolute Gasteiger partial charge is 0.227 e. The number of benzene rings is 2. The molecule has 2 amide bonds. The molecule has 1 saturated carbocycles. The number of anilines is 2. The van der Waals surface area contributed by atoms with Crippen LogP contribution in [-0.2, 0) is 16.0 Å². The van der Waals surface area contributed by atoms with Crippen molar-refractivity contribution in [2.75, 3.05) is 36.4 Å². The van der Waals surface area contributed by atoms with Crippen LogP contribution in [0, 0.1) is 12.8 Å². The summed E-state index contributed by atoms with van der Waals surface area (Å²) in [7, 11) is 0. The van der Waals surface area contributed by atoms with Crippen LogP contribution in [-0.4, -0.2) is 42.9 Å². The number of aryl methyl sites for hydroxylation is 1. The number of rotatable bonds is 5. The van der Waals surface area contributed by atoms with E-state index in [1.54, 1.807) is 0 Å². The van der Waals surface area contributed by atoms with Crippen molar-refractivity contribution < 1.29 is 9.59 Å². The Bertz CT molecular complexity index is 866. The van der Waals surface area contributed by atoms with E-state index in [9.17, 15) is 9.59 Å². The van der Waals surface area contributed by atoms with Gasteiger partial charge in [0.1, 0.15) is 0 Å². The molecule has 1 saturated heterocycles. The lowest BCUT2D eigenvalue weighted by atomic mass is 9.85. The number of carbonyl (C=O) groups excluding carboxylic acids is 2. The minimum Gasteiger partial charge on any atom is -0.368 e. The Labute approximate surface area is 172 Å². The summed E-state index contributed by atoms with van der Waals surface area (Å²) in [5, 5.41) is 3.01. The average Bonchev–Trinajstić information content (AvgIpc) is 2.67. The predicted molar refractivity (Wildman–Crippen MR) is 116 cm³/mol. The van der Waals surface area contributed by atoms with Gasteiger partial charge in [-0.1, -0.05) is 36.2 Å². The number of hydrogen-bond donors (Lipinski definition) is 1. The second-order valence-corrected chi connectivity index (χ2v) is 8.20. The standard InChI is InChI=1S/C24H29N3O2/c1-18-4-2-5-19(16-18)17-23(28)27-14-12-26(13-15-27)22-10-8-21(9-11-22)25-24(29)20-6-3-7-20/h2,4-5,8-11,16,20H,3,6-7,12-15,17H2,1H3,(H,25,29). The molecule has 0 unspecified atom stereocenters. The average molecular weight is 392 g/mol.